The number of hydrogen-bond donors (Lipinski definition) is 2. The van der Waals surface area contributed by atoms with Crippen molar-refractivity contribution in [3.63, 3.8) is 0 Å². The Hall–Kier alpha value is -2.61. The Morgan fingerprint density at radius 3 is 2.44 bits per heavy atom. The number of halogens is 4. The van der Waals surface area contributed by atoms with Gasteiger partial charge in [-0.25, -0.2) is 9.18 Å². The van der Waals surface area contributed by atoms with Crippen LogP contribution in [0.5, 0.6) is 0 Å². The maximum atomic E-state index is 13.2. The first-order valence-corrected chi connectivity index (χ1v) is 8.45. The number of hydrogen-bond acceptors (Lipinski definition) is 2. The van der Waals surface area contributed by atoms with Crippen molar-refractivity contribution in [1.82, 2.24) is 5.32 Å². The predicted molar refractivity (Wildman–Crippen MR) is 91.7 cm³/mol. The van der Waals surface area contributed by atoms with Crippen molar-refractivity contribution >= 4 is 11.7 Å². The number of nitrogens with one attached hydrogen (secondary N) is 2. The van der Waals surface area contributed by atoms with Crippen molar-refractivity contribution in [2.75, 3.05) is 11.9 Å². The third kappa shape index (κ3) is 4.77. The van der Waals surface area contributed by atoms with Gasteiger partial charge in [-0.15, -0.1) is 0 Å². The lowest BCUT2D eigenvalue weighted by Gasteiger charge is -2.25. The third-order valence-electron chi connectivity index (χ3n) is 4.33. The van der Waals surface area contributed by atoms with E-state index in [1.807, 2.05) is 0 Å². The maximum absolute atomic E-state index is 13.2. The molecule has 2 N–H and O–H groups in total. The maximum Gasteiger partial charge on any atom is 0.418 e. The highest BCUT2D eigenvalue weighted by molar-refractivity contribution is 5.90. The van der Waals surface area contributed by atoms with Gasteiger partial charge in [0.25, 0.3) is 0 Å². The molecule has 3 rings (SSSR count). The Morgan fingerprint density at radius 2 is 1.81 bits per heavy atom. The first-order valence-electron chi connectivity index (χ1n) is 8.45. The van der Waals surface area contributed by atoms with Gasteiger partial charge in [-0.2, -0.15) is 13.2 Å². The molecule has 0 spiro atoms. The number of carbonyl (C=O) groups is 1. The topological polar surface area (TPSA) is 50.4 Å². The van der Waals surface area contributed by atoms with Crippen molar-refractivity contribution in [1.29, 1.82) is 0 Å². The molecule has 2 unspecified atom stereocenters. The molecule has 2 aromatic rings. The molecule has 27 heavy (non-hydrogen) atoms. The van der Waals surface area contributed by atoms with Gasteiger partial charge in [0, 0.05) is 6.61 Å². The quantitative estimate of drug-likeness (QED) is 0.740. The number of anilines is 1. The minimum Gasteiger partial charge on any atom is -0.376 e. The molecule has 0 radical (unpaired) electrons. The Labute approximate surface area is 153 Å². The van der Waals surface area contributed by atoms with Gasteiger partial charge in [-0.05, 0) is 42.7 Å². The summed E-state index contributed by atoms with van der Waals surface area (Å²) >= 11 is 0. The molecule has 1 heterocycles. The van der Waals surface area contributed by atoms with E-state index in [2.05, 4.69) is 10.6 Å². The summed E-state index contributed by atoms with van der Waals surface area (Å²) in [5.41, 5.74) is -0.661. The molecule has 0 aliphatic carbocycles. The van der Waals surface area contributed by atoms with Gasteiger partial charge < -0.3 is 15.4 Å². The SMILES string of the molecule is O=C(Nc1ccccc1C(F)(F)F)NC(c1ccc(F)cc1)C1CCCO1. The normalized spacial score (nSPS) is 18.1. The van der Waals surface area contributed by atoms with E-state index in [0.717, 1.165) is 12.5 Å². The largest absolute Gasteiger partial charge is 0.418 e. The zero-order valence-electron chi connectivity index (χ0n) is 14.2. The van der Waals surface area contributed by atoms with Crippen LogP contribution in [0.3, 0.4) is 0 Å². The van der Waals surface area contributed by atoms with Gasteiger partial charge in [0.1, 0.15) is 5.82 Å². The highest BCUT2D eigenvalue weighted by Gasteiger charge is 2.34. The molecule has 4 nitrogen and oxygen atoms in total. The van der Waals surface area contributed by atoms with E-state index < -0.39 is 29.6 Å². The fourth-order valence-corrected chi connectivity index (χ4v) is 3.07. The molecule has 1 saturated heterocycles. The highest BCUT2D eigenvalue weighted by Crippen LogP contribution is 2.34. The molecule has 1 aliphatic heterocycles. The summed E-state index contributed by atoms with van der Waals surface area (Å²) in [5.74, 6) is -0.423. The minimum atomic E-state index is -4.59. The summed E-state index contributed by atoms with van der Waals surface area (Å²) in [7, 11) is 0. The van der Waals surface area contributed by atoms with Crippen LogP contribution in [0.4, 0.5) is 28.0 Å². The van der Waals surface area contributed by atoms with E-state index in [1.54, 1.807) is 0 Å². The number of amides is 2. The molecule has 0 aromatic heterocycles. The first kappa shape index (κ1) is 19.2. The summed E-state index contributed by atoms with van der Waals surface area (Å²) in [5, 5.41) is 4.91. The van der Waals surface area contributed by atoms with Crippen LogP contribution in [0.15, 0.2) is 48.5 Å². The number of benzene rings is 2. The lowest BCUT2D eigenvalue weighted by molar-refractivity contribution is -0.136. The van der Waals surface area contributed by atoms with E-state index in [4.69, 9.17) is 4.74 Å². The van der Waals surface area contributed by atoms with E-state index in [-0.39, 0.29) is 11.8 Å². The van der Waals surface area contributed by atoms with Crippen molar-refractivity contribution in [3.8, 4) is 0 Å². The second kappa shape index (κ2) is 7.96. The lowest BCUT2D eigenvalue weighted by Crippen LogP contribution is -2.39. The summed E-state index contributed by atoms with van der Waals surface area (Å²) in [6.45, 7) is 0.530. The molecule has 144 valence electrons. The monoisotopic (exact) mass is 382 g/mol. The number of carbonyl (C=O) groups excluding carboxylic acids is 1. The average Bonchev–Trinajstić information content (AvgIpc) is 3.14. The molecule has 1 fully saturated rings. The Balaban J connectivity index is 1.78. The van der Waals surface area contributed by atoms with Crippen LogP contribution in [0.25, 0.3) is 0 Å². The van der Waals surface area contributed by atoms with Crippen LogP contribution in [0, 0.1) is 5.82 Å². The van der Waals surface area contributed by atoms with E-state index >= 15 is 0 Å². The van der Waals surface area contributed by atoms with Crippen LogP contribution in [0.2, 0.25) is 0 Å². The zero-order chi connectivity index (χ0) is 19.4. The number of ether oxygens (including phenoxy) is 1. The van der Waals surface area contributed by atoms with Crippen molar-refractivity contribution in [2.24, 2.45) is 0 Å². The number of rotatable bonds is 4. The van der Waals surface area contributed by atoms with Crippen LogP contribution >= 0.6 is 0 Å². The summed E-state index contributed by atoms with van der Waals surface area (Å²) < 4.78 is 58.1. The van der Waals surface area contributed by atoms with Crippen molar-refractivity contribution in [2.45, 2.75) is 31.2 Å². The molecular formula is C19H18F4N2O2. The highest BCUT2D eigenvalue weighted by atomic mass is 19.4. The van der Waals surface area contributed by atoms with Gasteiger partial charge in [0.15, 0.2) is 0 Å². The summed E-state index contributed by atoms with van der Waals surface area (Å²) in [6, 6.07) is 8.89. The second-order valence-corrected chi connectivity index (χ2v) is 6.22. The number of urea groups is 1. The van der Waals surface area contributed by atoms with Gasteiger partial charge in [-0.3, -0.25) is 0 Å². The minimum absolute atomic E-state index is 0.334. The Kier molecular flexibility index (Phi) is 5.65. The molecule has 0 saturated carbocycles. The molecular weight excluding hydrogens is 364 g/mol. The van der Waals surface area contributed by atoms with Gasteiger partial charge in [0.2, 0.25) is 0 Å². The van der Waals surface area contributed by atoms with E-state index in [9.17, 15) is 22.4 Å². The van der Waals surface area contributed by atoms with Gasteiger partial charge >= 0.3 is 12.2 Å². The van der Waals surface area contributed by atoms with Crippen molar-refractivity contribution in [3.05, 3.63) is 65.5 Å². The average molecular weight is 382 g/mol. The van der Waals surface area contributed by atoms with Crippen LogP contribution < -0.4 is 10.6 Å². The van der Waals surface area contributed by atoms with Gasteiger partial charge in [0.05, 0.1) is 23.4 Å². The smallest absolute Gasteiger partial charge is 0.376 e. The summed E-state index contributed by atoms with van der Waals surface area (Å²) in [6.07, 6.45) is -3.43. The van der Waals surface area contributed by atoms with Crippen LogP contribution in [-0.2, 0) is 10.9 Å². The Morgan fingerprint density at radius 1 is 1.11 bits per heavy atom. The summed E-state index contributed by atoms with van der Waals surface area (Å²) in [4.78, 5) is 12.4. The fourth-order valence-electron chi connectivity index (χ4n) is 3.07. The molecule has 2 aromatic carbocycles. The van der Waals surface area contributed by atoms with Gasteiger partial charge in [-0.1, -0.05) is 24.3 Å². The van der Waals surface area contributed by atoms with Crippen molar-refractivity contribution < 1.29 is 27.1 Å². The standard InChI is InChI=1S/C19H18F4N2O2/c20-13-9-7-12(8-10-13)17(16-6-3-11-27-16)25-18(26)24-15-5-2-1-4-14(15)19(21,22)23/h1-2,4-5,7-10,16-17H,3,6,11H2,(H2,24,25,26). The molecule has 0 bridgehead atoms. The van der Waals surface area contributed by atoms with Crippen LogP contribution in [0.1, 0.15) is 30.0 Å². The Bertz CT molecular complexity index is 787. The predicted octanol–water partition coefficient (Wildman–Crippen LogP) is 4.89. The molecule has 2 amide bonds. The number of alkyl halides is 3. The number of para-hydroxylation sites is 1. The van der Waals surface area contributed by atoms with Crippen LogP contribution in [-0.4, -0.2) is 18.7 Å². The molecule has 1 aliphatic rings. The lowest BCUT2D eigenvalue weighted by atomic mass is 9.99. The van der Waals surface area contributed by atoms with E-state index in [1.165, 1.54) is 42.5 Å². The second-order valence-electron chi connectivity index (χ2n) is 6.22. The third-order valence-corrected chi connectivity index (χ3v) is 4.33. The zero-order valence-corrected chi connectivity index (χ0v) is 14.2. The fraction of sp³-hybridized carbons (Fsp3) is 0.316. The molecule has 2 atom stereocenters. The first-order chi connectivity index (χ1) is 12.8. The molecule has 8 heteroatoms. The van der Waals surface area contributed by atoms with E-state index in [0.29, 0.717) is 18.6 Å².